The maximum atomic E-state index is 5.14. The van der Waals surface area contributed by atoms with Gasteiger partial charge in [0.1, 0.15) is 0 Å². The van der Waals surface area contributed by atoms with Crippen molar-refractivity contribution in [2.45, 2.75) is 6.92 Å². The first kappa shape index (κ1) is 13.2. The molecule has 0 aliphatic carbocycles. The number of nitrogens with one attached hydrogen (secondary N) is 2. The van der Waals surface area contributed by atoms with E-state index in [9.17, 15) is 0 Å². The van der Waals surface area contributed by atoms with Crippen LogP contribution in [-0.2, 0) is 0 Å². The van der Waals surface area contributed by atoms with Gasteiger partial charge in [0.2, 0.25) is 0 Å². The first-order chi connectivity index (χ1) is 9.24. The molecule has 0 saturated carbocycles. The summed E-state index contributed by atoms with van der Waals surface area (Å²) in [5.41, 5.74) is 5.96. The zero-order chi connectivity index (χ0) is 13.5. The van der Waals surface area contributed by atoms with Crippen LogP contribution >= 0.6 is 12.2 Å². The lowest BCUT2D eigenvalue weighted by Crippen LogP contribution is -2.23. The van der Waals surface area contributed by atoms with Gasteiger partial charge in [0.25, 0.3) is 0 Å². The molecule has 3 nitrogen and oxygen atoms in total. The van der Waals surface area contributed by atoms with Crippen molar-refractivity contribution >= 4 is 29.2 Å². The fourth-order valence-corrected chi connectivity index (χ4v) is 1.77. The van der Waals surface area contributed by atoms with Gasteiger partial charge in [-0.1, -0.05) is 48.0 Å². The highest BCUT2D eigenvalue weighted by Gasteiger charge is 1.94. The third kappa shape index (κ3) is 4.52. The molecule has 4 heteroatoms. The van der Waals surface area contributed by atoms with Crippen LogP contribution in [0.2, 0.25) is 0 Å². The van der Waals surface area contributed by atoms with Gasteiger partial charge in [-0.2, -0.15) is 5.10 Å². The number of hydrazone groups is 1. The molecule has 0 spiro atoms. The van der Waals surface area contributed by atoms with E-state index >= 15 is 0 Å². The van der Waals surface area contributed by atoms with E-state index in [-0.39, 0.29) is 0 Å². The second kappa shape index (κ2) is 6.66. The lowest BCUT2D eigenvalue weighted by atomic mass is 10.2. The number of hydrogen-bond donors (Lipinski definition) is 2. The molecule has 0 unspecified atom stereocenters. The van der Waals surface area contributed by atoms with Gasteiger partial charge in [-0.15, -0.1) is 0 Å². The number of para-hydroxylation sites is 1. The van der Waals surface area contributed by atoms with Gasteiger partial charge in [-0.3, -0.25) is 5.43 Å². The Morgan fingerprint density at radius 3 is 2.63 bits per heavy atom. The van der Waals surface area contributed by atoms with Crippen LogP contribution in [0.3, 0.4) is 0 Å². The summed E-state index contributed by atoms with van der Waals surface area (Å²) in [7, 11) is 0. The number of anilines is 1. The number of benzene rings is 2. The zero-order valence-electron chi connectivity index (χ0n) is 10.6. The molecule has 0 fully saturated rings. The Morgan fingerprint density at radius 2 is 1.89 bits per heavy atom. The summed E-state index contributed by atoms with van der Waals surface area (Å²) in [4.78, 5) is 0. The smallest absolute Gasteiger partial charge is 0.191 e. The Balaban J connectivity index is 1.87. The standard InChI is InChI=1S/C15H15N3S/c1-12-6-5-7-13(10-12)11-16-18-15(19)17-14-8-3-2-4-9-14/h2-11H,1H3,(H2,17,18,19)/b16-11+. The first-order valence-electron chi connectivity index (χ1n) is 5.96. The monoisotopic (exact) mass is 269 g/mol. The molecule has 19 heavy (non-hydrogen) atoms. The summed E-state index contributed by atoms with van der Waals surface area (Å²) in [5.74, 6) is 0. The Bertz CT molecular complexity index is 579. The minimum atomic E-state index is 0.468. The topological polar surface area (TPSA) is 36.4 Å². The molecule has 2 aromatic carbocycles. The maximum absolute atomic E-state index is 5.14. The highest BCUT2D eigenvalue weighted by Crippen LogP contribution is 2.04. The summed E-state index contributed by atoms with van der Waals surface area (Å²) in [6, 6.07) is 17.8. The highest BCUT2D eigenvalue weighted by atomic mass is 32.1. The average Bonchev–Trinajstić information content (AvgIpc) is 2.40. The number of rotatable bonds is 3. The van der Waals surface area contributed by atoms with Gasteiger partial charge in [-0.05, 0) is 36.8 Å². The molecule has 0 bridgehead atoms. The predicted octanol–water partition coefficient (Wildman–Crippen LogP) is 3.32. The van der Waals surface area contributed by atoms with Crippen molar-refractivity contribution in [3.63, 3.8) is 0 Å². The minimum Gasteiger partial charge on any atom is -0.331 e. The molecular weight excluding hydrogens is 254 g/mol. The van der Waals surface area contributed by atoms with Crippen molar-refractivity contribution in [1.29, 1.82) is 0 Å². The second-order valence-corrected chi connectivity index (χ2v) is 4.51. The van der Waals surface area contributed by atoms with E-state index in [1.165, 1.54) is 5.56 Å². The van der Waals surface area contributed by atoms with E-state index in [1.54, 1.807) is 6.21 Å². The zero-order valence-corrected chi connectivity index (χ0v) is 11.4. The van der Waals surface area contributed by atoms with E-state index in [0.29, 0.717) is 5.11 Å². The lowest BCUT2D eigenvalue weighted by molar-refractivity contribution is 1.05. The molecule has 0 saturated heterocycles. The molecular formula is C15H15N3S. The summed E-state index contributed by atoms with van der Waals surface area (Å²) in [6.07, 6.45) is 1.74. The van der Waals surface area contributed by atoms with Gasteiger partial charge in [-0.25, -0.2) is 0 Å². The van der Waals surface area contributed by atoms with E-state index in [0.717, 1.165) is 11.3 Å². The third-order valence-electron chi connectivity index (χ3n) is 2.45. The summed E-state index contributed by atoms with van der Waals surface area (Å²) < 4.78 is 0. The molecule has 2 N–H and O–H groups in total. The fraction of sp³-hybridized carbons (Fsp3) is 0.0667. The molecule has 2 aromatic rings. The Hall–Kier alpha value is -2.20. The van der Waals surface area contributed by atoms with Crippen molar-refractivity contribution in [1.82, 2.24) is 5.43 Å². The summed E-state index contributed by atoms with van der Waals surface area (Å²) >= 11 is 5.14. The van der Waals surface area contributed by atoms with Crippen molar-refractivity contribution in [3.8, 4) is 0 Å². The van der Waals surface area contributed by atoms with Crippen molar-refractivity contribution in [3.05, 3.63) is 65.7 Å². The summed E-state index contributed by atoms with van der Waals surface area (Å²) in [5, 5.41) is 7.61. The van der Waals surface area contributed by atoms with Crippen LogP contribution in [0.4, 0.5) is 5.69 Å². The van der Waals surface area contributed by atoms with Gasteiger partial charge in [0.15, 0.2) is 5.11 Å². The van der Waals surface area contributed by atoms with Gasteiger partial charge < -0.3 is 5.32 Å². The number of nitrogens with zero attached hydrogens (tertiary/aromatic N) is 1. The van der Waals surface area contributed by atoms with Crippen molar-refractivity contribution < 1.29 is 0 Å². The van der Waals surface area contributed by atoms with E-state index in [1.807, 2.05) is 55.5 Å². The Morgan fingerprint density at radius 1 is 1.11 bits per heavy atom. The van der Waals surface area contributed by atoms with E-state index in [4.69, 9.17) is 12.2 Å². The summed E-state index contributed by atoms with van der Waals surface area (Å²) in [6.45, 7) is 2.05. The van der Waals surface area contributed by atoms with Crippen LogP contribution in [0.25, 0.3) is 0 Å². The molecule has 0 atom stereocenters. The minimum absolute atomic E-state index is 0.468. The molecule has 0 radical (unpaired) electrons. The van der Waals surface area contributed by atoms with Crippen molar-refractivity contribution in [2.75, 3.05) is 5.32 Å². The predicted molar refractivity (Wildman–Crippen MR) is 84.6 cm³/mol. The van der Waals surface area contributed by atoms with Crippen LogP contribution in [0, 0.1) is 6.92 Å². The quantitative estimate of drug-likeness (QED) is 0.510. The molecule has 0 amide bonds. The van der Waals surface area contributed by atoms with Crippen LogP contribution in [-0.4, -0.2) is 11.3 Å². The molecule has 0 aliphatic heterocycles. The largest absolute Gasteiger partial charge is 0.331 e. The van der Waals surface area contributed by atoms with Gasteiger partial charge in [0.05, 0.1) is 6.21 Å². The Kier molecular flexibility index (Phi) is 4.64. The molecule has 0 heterocycles. The van der Waals surface area contributed by atoms with Crippen molar-refractivity contribution in [2.24, 2.45) is 5.10 Å². The van der Waals surface area contributed by atoms with Crippen LogP contribution in [0.1, 0.15) is 11.1 Å². The number of hydrogen-bond acceptors (Lipinski definition) is 2. The number of aryl methyl sites for hydroxylation is 1. The van der Waals surface area contributed by atoms with E-state index in [2.05, 4.69) is 21.9 Å². The van der Waals surface area contributed by atoms with Crippen LogP contribution < -0.4 is 10.7 Å². The van der Waals surface area contributed by atoms with E-state index < -0.39 is 0 Å². The molecule has 0 aromatic heterocycles. The first-order valence-corrected chi connectivity index (χ1v) is 6.36. The fourth-order valence-electron chi connectivity index (χ4n) is 1.60. The maximum Gasteiger partial charge on any atom is 0.191 e. The highest BCUT2D eigenvalue weighted by molar-refractivity contribution is 7.80. The normalized spacial score (nSPS) is 10.4. The van der Waals surface area contributed by atoms with Crippen LogP contribution in [0.5, 0.6) is 0 Å². The lowest BCUT2D eigenvalue weighted by Gasteiger charge is -2.06. The second-order valence-electron chi connectivity index (χ2n) is 4.10. The average molecular weight is 269 g/mol. The molecule has 2 rings (SSSR count). The van der Waals surface area contributed by atoms with Crippen LogP contribution in [0.15, 0.2) is 59.7 Å². The SMILES string of the molecule is Cc1cccc(/C=N/NC(=S)Nc2ccccc2)c1. The molecule has 0 aliphatic rings. The van der Waals surface area contributed by atoms with Gasteiger partial charge >= 0.3 is 0 Å². The Labute approximate surface area is 118 Å². The van der Waals surface area contributed by atoms with Gasteiger partial charge in [0, 0.05) is 5.69 Å². The number of thiocarbonyl (C=S) groups is 1. The third-order valence-corrected chi connectivity index (χ3v) is 2.65. The molecule has 96 valence electrons.